The SMILES string of the molecule is O=C(CN1C(=O)S/C(=C\c2ccc(I)o2)C1=O)Nc1ccc2c(c1)OCO2. The van der Waals surface area contributed by atoms with Crippen LogP contribution in [0.25, 0.3) is 6.08 Å². The van der Waals surface area contributed by atoms with E-state index in [0.717, 1.165) is 16.7 Å². The smallest absolute Gasteiger partial charge is 0.294 e. The van der Waals surface area contributed by atoms with Crippen LogP contribution in [0.5, 0.6) is 11.5 Å². The molecular formula is C17H11IN2O6S. The number of ether oxygens (including phenoxy) is 2. The number of fused-ring (bicyclic) bond motifs is 1. The van der Waals surface area contributed by atoms with Gasteiger partial charge in [0.2, 0.25) is 12.7 Å². The van der Waals surface area contributed by atoms with Gasteiger partial charge in [0, 0.05) is 17.8 Å². The molecule has 4 rings (SSSR count). The number of carbonyl (C=O) groups is 3. The van der Waals surface area contributed by atoms with E-state index in [0.29, 0.717) is 26.7 Å². The summed E-state index contributed by atoms with van der Waals surface area (Å²) in [7, 11) is 0. The molecule has 10 heteroatoms. The van der Waals surface area contributed by atoms with Crippen molar-refractivity contribution in [1.82, 2.24) is 4.90 Å². The monoisotopic (exact) mass is 498 g/mol. The summed E-state index contributed by atoms with van der Waals surface area (Å²) in [5.41, 5.74) is 0.483. The van der Waals surface area contributed by atoms with Crippen LogP contribution >= 0.6 is 34.4 Å². The molecule has 138 valence electrons. The molecule has 0 aliphatic carbocycles. The lowest BCUT2D eigenvalue weighted by Gasteiger charge is -2.12. The lowest BCUT2D eigenvalue weighted by Crippen LogP contribution is -2.36. The number of anilines is 1. The molecule has 8 nitrogen and oxygen atoms in total. The highest BCUT2D eigenvalue weighted by molar-refractivity contribution is 14.1. The molecular weight excluding hydrogens is 487 g/mol. The highest BCUT2D eigenvalue weighted by Gasteiger charge is 2.36. The second-order valence-electron chi connectivity index (χ2n) is 5.53. The summed E-state index contributed by atoms with van der Waals surface area (Å²) in [5, 5.41) is 2.13. The predicted molar refractivity (Wildman–Crippen MR) is 105 cm³/mol. The highest BCUT2D eigenvalue weighted by Crippen LogP contribution is 2.35. The number of halogens is 1. The van der Waals surface area contributed by atoms with Gasteiger partial charge in [0.25, 0.3) is 11.1 Å². The van der Waals surface area contributed by atoms with Crippen molar-refractivity contribution >= 4 is 63.2 Å². The molecule has 2 aromatic rings. The van der Waals surface area contributed by atoms with Crippen molar-refractivity contribution in [2.45, 2.75) is 0 Å². The van der Waals surface area contributed by atoms with E-state index < -0.39 is 17.1 Å². The Bertz CT molecular complexity index is 986. The third kappa shape index (κ3) is 3.81. The molecule has 0 bridgehead atoms. The topological polar surface area (TPSA) is 98.1 Å². The molecule has 1 saturated heterocycles. The van der Waals surface area contributed by atoms with Gasteiger partial charge in [-0.2, -0.15) is 0 Å². The van der Waals surface area contributed by atoms with Crippen LogP contribution in [0.1, 0.15) is 5.76 Å². The van der Waals surface area contributed by atoms with Gasteiger partial charge < -0.3 is 19.2 Å². The molecule has 0 atom stereocenters. The number of thioether (sulfide) groups is 1. The minimum Gasteiger partial charge on any atom is -0.454 e. The fourth-order valence-corrected chi connectivity index (χ4v) is 3.74. The number of furan rings is 1. The maximum Gasteiger partial charge on any atom is 0.294 e. The van der Waals surface area contributed by atoms with Gasteiger partial charge in [-0.3, -0.25) is 19.3 Å². The standard InChI is InChI=1S/C17H11IN2O6S/c18-14-4-2-10(26-14)6-13-16(22)20(17(23)27-13)7-15(21)19-9-1-3-11-12(5-9)25-8-24-11/h1-6H,7-8H2,(H,19,21)/b13-6-. The first-order valence-electron chi connectivity index (χ1n) is 7.70. The normalized spacial score (nSPS) is 17.1. The molecule has 1 N–H and O–H groups in total. The van der Waals surface area contributed by atoms with E-state index in [-0.39, 0.29) is 18.2 Å². The van der Waals surface area contributed by atoms with Crippen molar-refractivity contribution in [1.29, 1.82) is 0 Å². The average molecular weight is 498 g/mol. The van der Waals surface area contributed by atoms with Crippen LogP contribution in [0.4, 0.5) is 10.5 Å². The Balaban J connectivity index is 1.42. The van der Waals surface area contributed by atoms with Gasteiger partial charge in [0.1, 0.15) is 12.3 Å². The number of rotatable bonds is 4. The van der Waals surface area contributed by atoms with Crippen LogP contribution in [-0.4, -0.2) is 35.3 Å². The summed E-state index contributed by atoms with van der Waals surface area (Å²) in [6, 6.07) is 8.38. The molecule has 1 aromatic heterocycles. The molecule has 3 amide bonds. The van der Waals surface area contributed by atoms with E-state index in [1.54, 1.807) is 30.3 Å². The van der Waals surface area contributed by atoms with Gasteiger partial charge in [-0.15, -0.1) is 0 Å². The zero-order valence-corrected chi connectivity index (χ0v) is 16.5. The first-order chi connectivity index (χ1) is 13.0. The van der Waals surface area contributed by atoms with E-state index in [9.17, 15) is 14.4 Å². The largest absolute Gasteiger partial charge is 0.454 e. The lowest BCUT2D eigenvalue weighted by molar-refractivity contribution is -0.127. The van der Waals surface area contributed by atoms with Crippen molar-refractivity contribution in [2.75, 3.05) is 18.7 Å². The van der Waals surface area contributed by atoms with Crippen molar-refractivity contribution in [3.05, 3.63) is 44.8 Å². The van der Waals surface area contributed by atoms with Crippen molar-refractivity contribution in [2.24, 2.45) is 0 Å². The van der Waals surface area contributed by atoms with Crippen molar-refractivity contribution < 1.29 is 28.3 Å². The Morgan fingerprint density at radius 2 is 2.04 bits per heavy atom. The van der Waals surface area contributed by atoms with Gasteiger partial charge in [0.05, 0.1) is 4.91 Å². The summed E-state index contributed by atoms with van der Waals surface area (Å²) in [6.07, 6.45) is 1.49. The zero-order chi connectivity index (χ0) is 19.0. The molecule has 27 heavy (non-hydrogen) atoms. The second-order valence-corrected chi connectivity index (χ2v) is 7.58. The maximum absolute atomic E-state index is 12.4. The van der Waals surface area contributed by atoms with Crippen LogP contribution < -0.4 is 14.8 Å². The van der Waals surface area contributed by atoms with E-state index >= 15 is 0 Å². The second kappa shape index (κ2) is 7.27. The minimum atomic E-state index is -0.530. The predicted octanol–water partition coefficient (Wildman–Crippen LogP) is 3.29. The molecule has 0 saturated carbocycles. The molecule has 3 heterocycles. The van der Waals surface area contributed by atoms with Crippen LogP contribution in [0.3, 0.4) is 0 Å². The first kappa shape index (κ1) is 17.9. The Hall–Kier alpha value is -2.47. The molecule has 0 unspecified atom stereocenters. The van der Waals surface area contributed by atoms with Crippen LogP contribution in [0.15, 0.2) is 39.7 Å². The zero-order valence-electron chi connectivity index (χ0n) is 13.6. The summed E-state index contributed by atoms with van der Waals surface area (Å²) in [5.74, 6) is 0.559. The van der Waals surface area contributed by atoms with E-state index in [2.05, 4.69) is 5.32 Å². The summed E-state index contributed by atoms with van der Waals surface area (Å²) in [4.78, 5) is 37.9. The van der Waals surface area contributed by atoms with Gasteiger partial charge in [0.15, 0.2) is 15.3 Å². The van der Waals surface area contributed by atoms with Crippen molar-refractivity contribution in [3.8, 4) is 11.5 Å². The fourth-order valence-electron chi connectivity index (χ4n) is 2.49. The molecule has 2 aliphatic heterocycles. The summed E-state index contributed by atoms with van der Waals surface area (Å²) in [6.45, 7) is -0.253. The van der Waals surface area contributed by atoms with Gasteiger partial charge >= 0.3 is 0 Å². The number of hydrogen-bond acceptors (Lipinski definition) is 7. The molecule has 1 fully saturated rings. The van der Waals surface area contributed by atoms with E-state index in [1.807, 2.05) is 22.6 Å². The molecule has 2 aliphatic rings. The Morgan fingerprint density at radius 1 is 1.22 bits per heavy atom. The number of imide groups is 1. The third-order valence-electron chi connectivity index (χ3n) is 3.70. The fraction of sp³-hybridized carbons (Fsp3) is 0.118. The molecule has 1 aromatic carbocycles. The Kier molecular flexibility index (Phi) is 4.83. The summed E-state index contributed by atoms with van der Waals surface area (Å²) >= 11 is 2.77. The molecule has 0 radical (unpaired) electrons. The quantitative estimate of drug-likeness (QED) is 0.511. The van der Waals surface area contributed by atoms with E-state index in [1.165, 1.54) is 6.08 Å². The Morgan fingerprint density at radius 3 is 2.81 bits per heavy atom. The average Bonchev–Trinajstić information content (AvgIpc) is 3.31. The van der Waals surface area contributed by atoms with Crippen LogP contribution in [-0.2, 0) is 9.59 Å². The van der Waals surface area contributed by atoms with Gasteiger partial charge in [-0.05, 0) is 58.6 Å². The number of nitrogens with one attached hydrogen (secondary N) is 1. The lowest BCUT2D eigenvalue weighted by atomic mass is 10.2. The number of carbonyl (C=O) groups excluding carboxylic acids is 3. The number of nitrogens with zero attached hydrogens (tertiary/aromatic N) is 1. The van der Waals surface area contributed by atoms with Crippen LogP contribution in [0, 0.1) is 3.77 Å². The molecule has 0 spiro atoms. The third-order valence-corrected chi connectivity index (χ3v) is 5.19. The first-order valence-corrected chi connectivity index (χ1v) is 9.59. The number of hydrogen-bond donors (Lipinski definition) is 1. The number of benzene rings is 1. The summed E-state index contributed by atoms with van der Waals surface area (Å²) < 4.78 is 16.5. The van der Waals surface area contributed by atoms with Gasteiger partial charge in [-0.1, -0.05) is 0 Å². The van der Waals surface area contributed by atoms with E-state index in [4.69, 9.17) is 13.9 Å². The van der Waals surface area contributed by atoms with Crippen LogP contribution in [0.2, 0.25) is 0 Å². The Labute approximate surface area is 171 Å². The minimum absolute atomic E-state index is 0.130. The van der Waals surface area contributed by atoms with Crippen molar-refractivity contribution in [3.63, 3.8) is 0 Å². The highest BCUT2D eigenvalue weighted by atomic mass is 127. The number of amides is 3. The maximum atomic E-state index is 12.4. The van der Waals surface area contributed by atoms with Gasteiger partial charge in [-0.25, -0.2) is 0 Å².